The van der Waals surface area contributed by atoms with Gasteiger partial charge >= 0.3 is 6.18 Å². The number of hydrogen-bond acceptors (Lipinski definition) is 6. The number of carbonyl (C=O) groups excluding carboxylic acids is 1. The monoisotopic (exact) mass is 363 g/mol. The summed E-state index contributed by atoms with van der Waals surface area (Å²) in [6, 6.07) is 2.82. The van der Waals surface area contributed by atoms with E-state index < -0.39 is 24.1 Å². The molecule has 0 aliphatic carbocycles. The van der Waals surface area contributed by atoms with Crippen molar-refractivity contribution in [1.29, 1.82) is 5.41 Å². The Kier molecular flexibility index (Phi) is 5.97. The van der Waals surface area contributed by atoms with Gasteiger partial charge in [-0.2, -0.15) is 13.2 Å². The topological polar surface area (TPSA) is 97.4 Å². The summed E-state index contributed by atoms with van der Waals surface area (Å²) >= 11 is 0.898. The standard InChI is InChI=1S/C14H16F3N3O3S/c15-14(16,17)11(19)7-8(18)9-4-5-10(24-9)13(21)20-23-12-3-1-2-6-22-12/h4-5,7,12,19H,1-3,6,18H2,(H,20,21)/b8-7-,19-11?. The van der Waals surface area contributed by atoms with E-state index in [-0.39, 0.29) is 15.5 Å². The highest BCUT2D eigenvalue weighted by molar-refractivity contribution is 7.15. The van der Waals surface area contributed by atoms with Gasteiger partial charge in [0.1, 0.15) is 5.71 Å². The van der Waals surface area contributed by atoms with Crippen LogP contribution in [0.4, 0.5) is 13.2 Å². The van der Waals surface area contributed by atoms with Crippen LogP contribution in [0.15, 0.2) is 18.2 Å². The molecule has 0 radical (unpaired) electrons. The fourth-order valence-electron chi connectivity index (χ4n) is 1.90. The Labute approximate surface area is 139 Å². The van der Waals surface area contributed by atoms with Crippen LogP contribution in [0.3, 0.4) is 0 Å². The van der Waals surface area contributed by atoms with E-state index in [2.05, 4.69) is 5.48 Å². The highest BCUT2D eigenvalue weighted by atomic mass is 32.1. The highest BCUT2D eigenvalue weighted by Gasteiger charge is 2.33. The Bertz CT molecular complexity index is 637. The molecule has 2 rings (SSSR count). The molecular formula is C14H16F3N3O3S. The van der Waals surface area contributed by atoms with Gasteiger partial charge in [-0.25, -0.2) is 10.3 Å². The Morgan fingerprint density at radius 3 is 2.75 bits per heavy atom. The number of ether oxygens (including phenoxy) is 1. The van der Waals surface area contributed by atoms with E-state index in [9.17, 15) is 18.0 Å². The van der Waals surface area contributed by atoms with Crippen molar-refractivity contribution in [3.63, 3.8) is 0 Å². The number of hydrogen-bond donors (Lipinski definition) is 3. The zero-order valence-electron chi connectivity index (χ0n) is 12.5. The first-order chi connectivity index (χ1) is 11.3. The second kappa shape index (κ2) is 7.77. The van der Waals surface area contributed by atoms with Crippen molar-refractivity contribution in [1.82, 2.24) is 5.48 Å². The molecule has 0 bridgehead atoms. The summed E-state index contributed by atoms with van der Waals surface area (Å²) in [5.74, 6) is -0.542. The van der Waals surface area contributed by atoms with Crippen LogP contribution in [0.5, 0.6) is 0 Å². The zero-order valence-corrected chi connectivity index (χ0v) is 13.3. The van der Waals surface area contributed by atoms with Gasteiger partial charge in [0.2, 0.25) is 0 Å². The molecule has 4 N–H and O–H groups in total. The number of hydroxylamine groups is 1. The fourth-order valence-corrected chi connectivity index (χ4v) is 2.72. The fraction of sp³-hybridized carbons (Fsp3) is 0.429. The highest BCUT2D eigenvalue weighted by Crippen LogP contribution is 2.24. The number of alkyl halides is 3. The van der Waals surface area contributed by atoms with Crippen molar-refractivity contribution in [3.8, 4) is 0 Å². The molecule has 132 valence electrons. The largest absolute Gasteiger partial charge is 0.432 e. The third-order valence-electron chi connectivity index (χ3n) is 3.14. The van der Waals surface area contributed by atoms with E-state index in [1.807, 2.05) is 0 Å². The third kappa shape index (κ3) is 5.05. The van der Waals surface area contributed by atoms with Crippen LogP contribution in [0, 0.1) is 5.41 Å². The van der Waals surface area contributed by atoms with Gasteiger partial charge in [-0.15, -0.1) is 11.3 Å². The minimum atomic E-state index is -4.77. The van der Waals surface area contributed by atoms with Crippen molar-refractivity contribution in [3.05, 3.63) is 28.0 Å². The predicted molar refractivity (Wildman–Crippen MR) is 82.4 cm³/mol. The van der Waals surface area contributed by atoms with Gasteiger partial charge < -0.3 is 10.5 Å². The van der Waals surface area contributed by atoms with Gasteiger partial charge in [-0.05, 0) is 31.1 Å². The van der Waals surface area contributed by atoms with Gasteiger partial charge in [-0.3, -0.25) is 10.2 Å². The maximum absolute atomic E-state index is 12.3. The molecule has 0 spiro atoms. The Balaban J connectivity index is 1.95. The van der Waals surface area contributed by atoms with E-state index in [0.717, 1.165) is 24.2 Å². The number of thiophene rings is 1. The third-order valence-corrected chi connectivity index (χ3v) is 4.27. The van der Waals surface area contributed by atoms with Gasteiger partial charge in [0.05, 0.1) is 15.5 Å². The van der Waals surface area contributed by atoms with Crippen LogP contribution in [-0.4, -0.2) is 30.7 Å². The first-order valence-electron chi connectivity index (χ1n) is 7.08. The summed E-state index contributed by atoms with van der Waals surface area (Å²) in [6.45, 7) is 0.566. The normalized spacial score (nSPS) is 19.1. The molecule has 1 aliphatic heterocycles. The van der Waals surface area contributed by atoms with E-state index in [1.165, 1.54) is 12.1 Å². The SMILES string of the molecule is N=C(/C=C(\N)c1ccc(C(=O)NOC2CCCCO2)s1)C(F)(F)F. The molecule has 0 aromatic carbocycles. The number of allylic oxidation sites excluding steroid dienone is 1. The molecule has 0 saturated carbocycles. The van der Waals surface area contributed by atoms with Gasteiger partial charge in [-0.1, -0.05) is 0 Å². The van der Waals surface area contributed by atoms with Gasteiger partial charge in [0, 0.05) is 13.0 Å². The molecule has 1 atom stereocenters. The van der Waals surface area contributed by atoms with Crippen molar-refractivity contribution in [2.75, 3.05) is 6.61 Å². The number of rotatable bonds is 5. The number of nitrogens with one attached hydrogen (secondary N) is 2. The average molecular weight is 363 g/mol. The summed E-state index contributed by atoms with van der Waals surface area (Å²) in [5.41, 5.74) is 6.00. The number of carbonyl (C=O) groups is 1. The Hall–Kier alpha value is -1.91. The molecule has 1 amide bonds. The van der Waals surface area contributed by atoms with Crippen LogP contribution >= 0.6 is 11.3 Å². The van der Waals surface area contributed by atoms with Crippen LogP contribution in [0.25, 0.3) is 5.70 Å². The van der Waals surface area contributed by atoms with Crippen molar-refractivity contribution in [2.45, 2.75) is 31.7 Å². The lowest BCUT2D eigenvalue weighted by Gasteiger charge is -2.21. The molecule has 2 heterocycles. The van der Waals surface area contributed by atoms with E-state index >= 15 is 0 Å². The molecule has 1 aromatic heterocycles. The molecule has 10 heteroatoms. The van der Waals surface area contributed by atoms with Crippen molar-refractivity contribution < 1.29 is 27.5 Å². The van der Waals surface area contributed by atoms with Crippen LogP contribution < -0.4 is 11.2 Å². The average Bonchev–Trinajstić information content (AvgIpc) is 3.03. The molecule has 6 nitrogen and oxygen atoms in total. The molecule has 1 saturated heterocycles. The van der Waals surface area contributed by atoms with Crippen molar-refractivity contribution >= 4 is 28.7 Å². The maximum Gasteiger partial charge on any atom is 0.432 e. The lowest BCUT2D eigenvalue weighted by atomic mass is 10.2. The van der Waals surface area contributed by atoms with Gasteiger partial charge in [0.25, 0.3) is 5.91 Å². The van der Waals surface area contributed by atoms with Crippen LogP contribution in [0.2, 0.25) is 0 Å². The number of halogens is 3. The zero-order chi connectivity index (χ0) is 17.7. The number of amides is 1. The second-order valence-electron chi connectivity index (χ2n) is 5.02. The second-order valence-corrected chi connectivity index (χ2v) is 6.10. The predicted octanol–water partition coefficient (Wildman–Crippen LogP) is 2.82. The molecular weight excluding hydrogens is 347 g/mol. The van der Waals surface area contributed by atoms with Gasteiger partial charge in [0.15, 0.2) is 6.29 Å². The van der Waals surface area contributed by atoms with E-state index in [0.29, 0.717) is 19.1 Å². The molecule has 1 aliphatic rings. The molecule has 1 aromatic rings. The summed E-state index contributed by atoms with van der Waals surface area (Å²) in [5, 5.41) is 6.90. The first-order valence-corrected chi connectivity index (χ1v) is 7.89. The first kappa shape index (κ1) is 18.4. The summed E-state index contributed by atoms with van der Waals surface area (Å²) < 4.78 is 42.3. The molecule has 1 unspecified atom stereocenters. The summed E-state index contributed by atoms with van der Waals surface area (Å²) in [7, 11) is 0. The lowest BCUT2D eigenvalue weighted by molar-refractivity contribution is -0.186. The van der Waals surface area contributed by atoms with E-state index in [1.54, 1.807) is 0 Å². The lowest BCUT2D eigenvalue weighted by Crippen LogP contribution is -2.32. The van der Waals surface area contributed by atoms with Crippen molar-refractivity contribution in [2.24, 2.45) is 5.73 Å². The van der Waals surface area contributed by atoms with E-state index in [4.69, 9.17) is 20.7 Å². The molecule has 1 fully saturated rings. The molecule has 24 heavy (non-hydrogen) atoms. The summed E-state index contributed by atoms with van der Waals surface area (Å²) in [4.78, 5) is 17.5. The Morgan fingerprint density at radius 1 is 1.42 bits per heavy atom. The quantitative estimate of drug-likeness (QED) is 0.553. The summed E-state index contributed by atoms with van der Waals surface area (Å²) in [6.07, 6.45) is -2.20. The minimum Gasteiger partial charge on any atom is -0.398 e. The minimum absolute atomic E-state index is 0.218. The Morgan fingerprint density at radius 2 is 2.12 bits per heavy atom. The number of nitrogens with two attached hydrogens (primary N) is 1. The smallest absolute Gasteiger partial charge is 0.398 e. The maximum atomic E-state index is 12.3. The van der Waals surface area contributed by atoms with Crippen LogP contribution in [-0.2, 0) is 9.57 Å². The van der Waals surface area contributed by atoms with Crippen LogP contribution in [0.1, 0.15) is 33.8 Å².